The number of hydrogen-bond acceptors (Lipinski definition) is 4. The van der Waals surface area contributed by atoms with Crippen LogP contribution in [-0.4, -0.2) is 9.97 Å². The smallest absolute Gasteiger partial charge is 0.110 e. The fourth-order valence-corrected chi connectivity index (χ4v) is 4.49. The lowest BCUT2D eigenvalue weighted by Gasteiger charge is -2.16. The molecule has 24 heavy (non-hydrogen) atoms. The number of aryl methyl sites for hydroxylation is 1. The molecule has 2 N–H and O–H groups in total. The van der Waals surface area contributed by atoms with Crippen LogP contribution in [0.15, 0.2) is 53.4 Å². The SMILES string of the molecule is Cc1c(CN[C@H](Cc2cccs2)c2nccs2)[nH]c2ccccc12. The van der Waals surface area contributed by atoms with E-state index in [1.54, 1.807) is 22.7 Å². The number of nitrogens with zero attached hydrogens (tertiary/aromatic N) is 1. The first-order valence-electron chi connectivity index (χ1n) is 8.02. The number of aromatic nitrogens is 2. The van der Waals surface area contributed by atoms with E-state index in [9.17, 15) is 0 Å². The van der Waals surface area contributed by atoms with Gasteiger partial charge in [-0.3, -0.25) is 0 Å². The van der Waals surface area contributed by atoms with E-state index < -0.39 is 0 Å². The number of rotatable bonds is 6. The maximum Gasteiger partial charge on any atom is 0.110 e. The Balaban J connectivity index is 1.55. The average molecular weight is 354 g/mol. The van der Waals surface area contributed by atoms with Gasteiger partial charge in [-0.05, 0) is 30.0 Å². The van der Waals surface area contributed by atoms with Gasteiger partial charge < -0.3 is 10.3 Å². The summed E-state index contributed by atoms with van der Waals surface area (Å²) in [5.41, 5.74) is 3.78. The third kappa shape index (κ3) is 3.15. The zero-order chi connectivity index (χ0) is 16.4. The number of thiazole rings is 1. The summed E-state index contributed by atoms with van der Waals surface area (Å²) in [6.07, 6.45) is 2.86. The molecule has 4 rings (SSSR count). The van der Waals surface area contributed by atoms with E-state index in [-0.39, 0.29) is 6.04 Å². The van der Waals surface area contributed by atoms with Gasteiger partial charge in [0.1, 0.15) is 5.01 Å². The van der Waals surface area contributed by atoms with E-state index in [1.807, 2.05) is 11.6 Å². The van der Waals surface area contributed by atoms with Crippen LogP contribution in [0.3, 0.4) is 0 Å². The second kappa shape index (κ2) is 6.89. The van der Waals surface area contributed by atoms with Gasteiger partial charge in [-0.1, -0.05) is 24.3 Å². The monoisotopic (exact) mass is 353 g/mol. The molecule has 0 unspecified atom stereocenters. The van der Waals surface area contributed by atoms with Crippen LogP contribution >= 0.6 is 22.7 Å². The maximum atomic E-state index is 4.53. The average Bonchev–Trinajstić information content (AvgIpc) is 3.34. The van der Waals surface area contributed by atoms with Crippen molar-refractivity contribution in [1.29, 1.82) is 0 Å². The molecule has 0 bridgehead atoms. The minimum absolute atomic E-state index is 0.245. The fourth-order valence-electron chi connectivity index (χ4n) is 3.02. The third-order valence-electron chi connectivity index (χ3n) is 4.33. The van der Waals surface area contributed by atoms with Crippen LogP contribution in [0.5, 0.6) is 0 Å². The lowest BCUT2D eigenvalue weighted by molar-refractivity contribution is 0.526. The molecule has 0 fully saturated rings. The standard InChI is InChI=1S/C19H19N3S2/c1-13-15-6-2-3-7-16(15)22-18(13)12-21-17(19-20-8-10-24-19)11-14-5-4-9-23-14/h2-10,17,21-22H,11-12H2,1H3/t17-/m1/s1. The van der Waals surface area contributed by atoms with Gasteiger partial charge in [0.05, 0.1) is 6.04 Å². The number of para-hydroxylation sites is 1. The summed E-state index contributed by atoms with van der Waals surface area (Å²) in [5.74, 6) is 0. The molecule has 0 aliphatic heterocycles. The Kier molecular flexibility index (Phi) is 4.47. The zero-order valence-corrected chi connectivity index (χ0v) is 15.1. The second-order valence-electron chi connectivity index (χ2n) is 5.86. The van der Waals surface area contributed by atoms with E-state index in [1.165, 1.54) is 27.0 Å². The number of hydrogen-bond donors (Lipinski definition) is 2. The summed E-state index contributed by atoms with van der Waals surface area (Å²) < 4.78 is 0. The Labute approximate surface area is 149 Å². The van der Waals surface area contributed by atoms with Crippen LogP contribution < -0.4 is 5.32 Å². The topological polar surface area (TPSA) is 40.7 Å². The van der Waals surface area contributed by atoms with Gasteiger partial charge in [0, 0.05) is 46.0 Å². The molecule has 0 aliphatic carbocycles. The molecule has 0 spiro atoms. The maximum absolute atomic E-state index is 4.53. The van der Waals surface area contributed by atoms with Crippen LogP contribution in [0.25, 0.3) is 10.9 Å². The number of nitrogens with one attached hydrogen (secondary N) is 2. The van der Waals surface area contributed by atoms with E-state index >= 15 is 0 Å². The minimum atomic E-state index is 0.245. The molecule has 3 heterocycles. The first-order chi connectivity index (χ1) is 11.8. The van der Waals surface area contributed by atoms with E-state index in [0.717, 1.165) is 18.0 Å². The molecule has 1 atom stereocenters. The van der Waals surface area contributed by atoms with Crippen molar-refractivity contribution in [3.05, 3.63) is 74.5 Å². The molecule has 122 valence electrons. The fraction of sp³-hybridized carbons (Fsp3) is 0.211. The highest BCUT2D eigenvalue weighted by molar-refractivity contribution is 7.10. The molecular formula is C19H19N3S2. The highest BCUT2D eigenvalue weighted by Crippen LogP contribution is 2.25. The molecule has 0 radical (unpaired) electrons. The number of thiophene rings is 1. The van der Waals surface area contributed by atoms with Crippen molar-refractivity contribution in [2.24, 2.45) is 0 Å². The van der Waals surface area contributed by atoms with Gasteiger partial charge in [0.2, 0.25) is 0 Å². The van der Waals surface area contributed by atoms with Crippen molar-refractivity contribution in [2.75, 3.05) is 0 Å². The molecule has 5 heteroatoms. The Bertz CT molecular complexity index is 908. The van der Waals surface area contributed by atoms with Crippen LogP contribution in [0, 0.1) is 6.92 Å². The molecule has 1 aromatic carbocycles. The lowest BCUT2D eigenvalue weighted by Crippen LogP contribution is -2.23. The quantitative estimate of drug-likeness (QED) is 0.508. The number of H-pyrrole nitrogens is 1. The Morgan fingerprint density at radius 3 is 2.79 bits per heavy atom. The minimum Gasteiger partial charge on any atom is -0.357 e. The summed E-state index contributed by atoms with van der Waals surface area (Å²) in [6, 6.07) is 13.0. The van der Waals surface area contributed by atoms with E-state index in [4.69, 9.17) is 0 Å². The Morgan fingerprint density at radius 1 is 1.12 bits per heavy atom. The lowest BCUT2D eigenvalue weighted by atomic mass is 10.1. The Hall–Kier alpha value is -1.95. The summed E-state index contributed by atoms with van der Waals surface area (Å²) in [6.45, 7) is 3.00. The molecule has 0 amide bonds. The zero-order valence-electron chi connectivity index (χ0n) is 13.5. The van der Waals surface area contributed by atoms with Gasteiger partial charge in [0.15, 0.2) is 0 Å². The first-order valence-corrected chi connectivity index (χ1v) is 9.78. The van der Waals surface area contributed by atoms with Crippen LogP contribution in [0.4, 0.5) is 0 Å². The van der Waals surface area contributed by atoms with Crippen molar-refractivity contribution in [1.82, 2.24) is 15.3 Å². The van der Waals surface area contributed by atoms with Crippen molar-refractivity contribution >= 4 is 33.6 Å². The summed E-state index contributed by atoms with van der Waals surface area (Å²) in [7, 11) is 0. The van der Waals surface area contributed by atoms with Gasteiger partial charge in [0.25, 0.3) is 0 Å². The highest BCUT2D eigenvalue weighted by atomic mass is 32.1. The largest absolute Gasteiger partial charge is 0.357 e. The van der Waals surface area contributed by atoms with Gasteiger partial charge in [-0.2, -0.15) is 0 Å². The Morgan fingerprint density at radius 2 is 2.04 bits per heavy atom. The van der Waals surface area contributed by atoms with E-state index in [0.29, 0.717) is 0 Å². The molecule has 0 saturated heterocycles. The van der Waals surface area contributed by atoms with Crippen LogP contribution in [0.1, 0.15) is 27.2 Å². The van der Waals surface area contributed by atoms with Crippen LogP contribution in [-0.2, 0) is 13.0 Å². The van der Waals surface area contributed by atoms with Gasteiger partial charge in [-0.25, -0.2) is 4.98 Å². The number of fused-ring (bicyclic) bond motifs is 1. The first kappa shape index (κ1) is 15.6. The summed E-state index contributed by atoms with van der Waals surface area (Å²) in [4.78, 5) is 9.46. The normalized spacial score (nSPS) is 12.7. The van der Waals surface area contributed by atoms with Crippen molar-refractivity contribution in [3.63, 3.8) is 0 Å². The van der Waals surface area contributed by atoms with E-state index in [2.05, 4.69) is 64.0 Å². The molecule has 3 nitrogen and oxygen atoms in total. The number of benzene rings is 1. The highest BCUT2D eigenvalue weighted by Gasteiger charge is 2.16. The predicted molar refractivity (Wildman–Crippen MR) is 103 cm³/mol. The molecule has 3 aromatic heterocycles. The number of aromatic amines is 1. The van der Waals surface area contributed by atoms with Crippen LogP contribution in [0.2, 0.25) is 0 Å². The molecule has 0 aliphatic rings. The predicted octanol–water partition coefficient (Wildman–Crippen LogP) is 5.07. The van der Waals surface area contributed by atoms with Gasteiger partial charge >= 0.3 is 0 Å². The summed E-state index contributed by atoms with van der Waals surface area (Å²) in [5, 5.41) is 10.3. The van der Waals surface area contributed by atoms with Crippen molar-refractivity contribution < 1.29 is 0 Å². The second-order valence-corrected chi connectivity index (χ2v) is 7.82. The molecular weight excluding hydrogens is 334 g/mol. The van der Waals surface area contributed by atoms with Gasteiger partial charge in [-0.15, -0.1) is 22.7 Å². The molecule has 4 aromatic rings. The van der Waals surface area contributed by atoms with Crippen molar-refractivity contribution in [3.8, 4) is 0 Å². The van der Waals surface area contributed by atoms with Crippen molar-refractivity contribution in [2.45, 2.75) is 25.9 Å². The summed E-state index contributed by atoms with van der Waals surface area (Å²) >= 11 is 3.52. The molecule has 0 saturated carbocycles. The third-order valence-corrected chi connectivity index (χ3v) is 6.12.